The molecule has 2 unspecified atom stereocenters. The van der Waals surface area contributed by atoms with Gasteiger partial charge in [0, 0.05) is 23.1 Å². The van der Waals surface area contributed by atoms with Crippen LogP contribution < -0.4 is 5.32 Å². The van der Waals surface area contributed by atoms with Crippen LogP contribution in [0.1, 0.15) is 60.3 Å². The number of ether oxygens (including phenoxy) is 1. The first-order chi connectivity index (χ1) is 10.2. The first kappa shape index (κ1) is 19.8. The van der Waals surface area contributed by atoms with E-state index >= 15 is 0 Å². The van der Waals surface area contributed by atoms with Gasteiger partial charge in [-0.05, 0) is 57.6 Å². The van der Waals surface area contributed by atoms with Crippen LogP contribution in [0, 0.1) is 5.41 Å². The van der Waals surface area contributed by atoms with E-state index in [4.69, 9.17) is 4.74 Å². The summed E-state index contributed by atoms with van der Waals surface area (Å²) in [5.41, 5.74) is -0.479. The van der Waals surface area contributed by atoms with Gasteiger partial charge in [-0.15, -0.1) is 11.8 Å². The molecule has 0 bridgehead atoms. The SMILES string of the molecule is CCC(CC)(CNC(=O)OC(C)(C)C)CC1SCCCS1=O. The maximum atomic E-state index is 12.2. The Morgan fingerprint density at radius 1 is 1.32 bits per heavy atom. The van der Waals surface area contributed by atoms with Crippen LogP contribution in [0.15, 0.2) is 0 Å². The van der Waals surface area contributed by atoms with Crippen LogP contribution in [0.4, 0.5) is 4.79 Å². The molecule has 1 N–H and O–H groups in total. The Morgan fingerprint density at radius 3 is 2.45 bits per heavy atom. The van der Waals surface area contributed by atoms with Gasteiger partial charge in [-0.3, -0.25) is 4.21 Å². The molecule has 0 spiro atoms. The lowest BCUT2D eigenvalue weighted by atomic mass is 9.79. The number of alkyl carbamates (subject to hydrolysis) is 1. The van der Waals surface area contributed by atoms with E-state index in [-0.39, 0.29) is 16.1 Å². The van der Waals surface area contributed by atoms with Gasteiger partial charge in [-0.1, -0.05) is 13.8 Å². The molecule has 6 heteroatoms. The molecule has 0 radical (unpaired) electrons. The van der Waals surface area contributed by atoms with Gasteiger partial charge < -0.3 is 10.1 Å². The summed E-state index contributed by atoms with van der Waals surface area (Å²) in [6, 6.07) is 0. The van der Waals surface area contributed by atoms with E-state index in [1.165, 1.54) is 0 Å². The van der Waals surface area contributed by atoms with Crippen molar-refractivity contribution < 1.29 is 13.7 Å². The third kappa shape index (κ3) is 6.49. The van der Waals surface area contributed by atoms with Crippen LogP contribution >= 0.6 is 11.8 Å². The lowest BCUT2D eigenvalue weighted by Gasteiger charge is -2.36. The van der Waals surface area contributed by atoms with E-state index < -0.39 is 16.4 Å². The summed E-state index contributed by atoms with van der Waals surface area (Å²) in [7, 11) is -0.739. The standard InChI is InChI=1S/C16H31NO3S2/c1-6-16(7-2,11-13-21-9-8-10-22(13)19)12-17-14(18)20-15(3,4)5/h13H,6-12H2,1-5H3,(H,17,18). The molecule has 1 amide bonds. The Hall–Kier alpha value is -0.230. The molecule has 1 saturated heterocycles. The highest BCUT2D eigenvalue weighted by Crippen LogP contribution is 2.38. The molecule has 1 fully saturated rings. The molecular formula is C16H31NO3S2. The molecule has 1 aliphatic heterocycles. The average molecular weight is 350 g/mol. The molecular weight excluding hydrogens is 318 g/mol. The third-order valence-electron chi connectivity index (χ3n) is 4.19. The number of hydrogen-bond donors (Lipinski definition) is 1. The minimum Gasteiger partial charge on any atom is -0.444 e. The van der Waals surface area contributed by atoms with Crippen LogP contribution in [0.25, 0.3) is 0 Å². The molecule has 1 heterocycles. The van der Waals surface area contributed by atoms with Gasteiger partial charge in [0.05, 0.1) is 4.58 Å². The van der Waals surface area contributed by atoms with Gasteiger partial charge in [0.1, 0.15) is 5.60 Å². The maximum absolute atomic E-state index is 12.2. The average Bonchev–Trinajstić information content (AvgIpc) is 2.44. The van der Waals surface area contributed by atoms with Crippen LogP contribution in [0.3, 0.4) is 0 Å². The normalized spacial score (nSPS) is 23.1. The van der Waals surface area contributed by atoms with E-state index in [0.29, 0.717) is 6.54 Å². The van der Waals surface area contributed by atoms with Crippen LogP contribution in [0.5, 0.6) is 0 Å². The number of carbonyl (C=O) groups is 1. The van der Waals surface area contributed by atoms with Crippen molar-refractivity contribution in [1.82, 2.24) is 5.32 Å². The zero-order valence-electron chi connectivity index (χ0n) is 14.6. The summed E-state index contributed by atoms with van der Waals surface area (Å²) in [5, 5.41) is 2.92. The fourth-order valence-corrected chi connectivity index (χ4v) is 6.21. The zero-order valence-corrected chi connectivity index (χ0v) is 16.2. The number of carbonyl (C=O) groups excluding carboxylic acids is 1. The first-order valence-corrected chi connectivity index (χ1v) is 10.6. The Labute approximate surface area is 142 Å². The molecule has 1 aliphatic rings. The second kappa shape index (κ2) is 8.57. The van der Waals surface area contributed by atoms with Crippen molar-refractivity contribution in [1.29, 1.82) is 0 Å². The fraction of sp³-hybridized carbons (Fsp3) is 0.938. The van der Waals surface area contributed by atoms with E-state index in [1.807, 2.05) is 32.5 Å². The molecule has 2 atom stereocenters. The van der Waals surface area contributed by atoms with Crippen LogP contribution in [-0.4, -0.2) is 38.5 Å². The predicted octanol–water partition coefficient (Wildman–Crippen LogP) is 3.92. The van der Waals surface area contributed by atoms with Crippen molar-refractivity contribution in [2.24, 2.45) is 5.41 Å². The lowest BCUT2D eigenvalue weighted by molar-refractivity contribution is 0.0493. The van der Waals surface area contributed by atoms with Gasteiger partial charge >= 0.3 is 6.09 Å². The number of nitrogens with one attached hydrogen (secondary N) is 1. The predicted molar refractivity (Wildman–Crippen MR) is 95.7 cm³/mol. The van der Waals surface area contributed by atoms with Gasteiger partial charge in [0.15, 0.2) is 0 Å². The van der Waals surface area contributed by atoms with Crippen molar-refractivity contribution >= 4 is 28.7 Å². The van der Waals surface area contributed by atoms with Crippen LogP contribution in [-0.2, 0) is 15.5 Å². The first-order valence-electron chi connectivity index (χ1n) is 8.17. The minimum atomic E-state index is -0.739. The minimum absolute atomic E-state index is 0.00156. The molecule has 0 aromatic carbocycles. The van der Waals surface area contributed by atoms with E-state index in [1.54, 1.807) is 0 Å². The van der Waals surface area contributed by atoms with Gasteiger partial charge in [-0.2, -0.15) is 0 Å². The fourth-order valence-electron chi connectivity index (χ4n) is 2.56. The van der Waals surface area contributed by atoms with Gasteiger partial charge in [-0.25, -0.2) is 4.79 Å². The molecule has 0 aliphatic carbocycles. The molecule has 0 aromatic heterocycles. The number of amides is 1. The molecule has 22 heavy (non-hydrogen) atoms. The molecule has 1 rings (SSSR count). The third-order valence-corrected chi connectivity index (χ3v) is 7.75. The van der Waals surface area contributed by atoms with Crippen molar-refractivity contribution in [3.05, 3.63) is 0 Å². The van der Waals surface area contributed by atoms with Crippen LogP contribution in [0.2, 0.25) is 0 Å². The Bertz CT molecular complexity index is 389. The zero-order chi connectivity index (χ0) is 16.8. The van der Waals surface area contributed by atoms with Crippen molar-refractivity contribution in [3.63, 3.8) is 0 Å². The number of thioether (sulfide) groups is 1. The number of hydrogen-bond acceptors (Lipinski definition) is 4. The topological polar surface area (TPSA) is 55.4 Å². The Balaban J connectivity index is 2.62. The lowest BCUT2D eigenvalue weighted by Crippen LogP contribution is -2.42. The summed E-state index contributed by atoms with van der Waals surface area (Å²) in [5.74, 6) is 1.92. The smallest absolute Gasteiger partial charge is 0.407 e. The molecule has 130 valence electrons. The highest BCUT2D eigenvalue weighted by Gasteiger charge is 2.34. The van der Waals surface area contributed by atoms with Gasteiger partial charge in [0.25, 0.3) is 0 Å². The summed E-state index contributed by atoms with van der Waals surface area (Å²) in [6.45, 7) is 10.5. The van der Waals surface area contributed by atoms with Crippen molar-refractivity contribution in [3.8, 4) is 0 Å². The van der Waals surface area contributed by atoms with E-state index in [2.05, 4.69) is 19.2 Å². The molecule has 0 aromatic rings. The van der Waals surface area contributed by atoms with Crippen molar-refractivity contribution in [2.75, 3.05) is 18.1 Å². The second-order valence-corrected chi connectivity index (χ2v) is 10.4. The number of rotatable bonds is 6. The summed E-state index contributed by atoms with van der Waals surface area (Å²) in [4.78, 5) is 11.9. The molecule has 0 saturated carbocycles. The highest BCUT2D eigenvalue weighted by molar-refractivity contribution is 8.11. The highest BCUT2D eigenvalue weighted by atomic mass is 32.2. The quantitative estimate of drug-likeness (QED) is 0.789. The summed E-state index contributed by atoms with van der Waals surface area (Å²) < 4.78 is 17.7. The van der Waals surface area contributed by atoms with Gasteiger partial charge in [0.2, 0.25) is 0 Å². The maximum Gasteiger partial charge on any atom is 0.407 e. The largest absolute Gasteiger partial charge is 0.444 e. The Morgan fingerprint density at radius 2 is 1.95 bits per heavy atom. The second-order valence-electron chi connectivity index (χ2n) is 7.01. The monoisotopic (exact) mass is 349 g/mol. The Kier molecular flexibility index (Phi) is 7.72. The summed E-state index contributed by atoms with van der Waals surface area (Å²) >= 11 is 1.83. The molecule has 4 nitrogen and oxygen atoms in total. The van der Waals surface area contributed by atoms with E-state index in [0.717, 1.165) is 37.2 Å². The van der Waals surface area contributed by atoms with Crippen molar-refractivity contribution in [2.45, 2.75) is 70.5 Å². The van der Waals surface area contributed by atoms with E-state index in [9.17, 15) is 9.00 Å². The summed E-state index contributed by atoms with van der Waals surface area (Å²) in [6.07, 6.45) is 3.51.